The fraction of sp³-hybridized carbons (Fsp3) is 0. The second kappa shape index (κ2) is 9.90. The number of rotatable bonds is 4. The number of pyridine rings is 1. The summed E-state index contributed by atoms with van der Waals surface area (Å²) < 4.78 is 26.8. The molecule has 0 aliphatic rings. The number of hydrogen-bond donors (Lipinski definition) is 0. The number of nitrogens with zero attached hydrogens (tertiary/aromatic N) is 1. The van der Waals surface area contributed by atoms with Gasteiger partial charge in [-0.1, -0.05) is 115 Å². The standard InChI is InChI=1S/C39H25NO2S/c41-43(42,29-15-5-2-6-16-29)30-17-11-14-27(24-30)28-22-23-33-35(25-28)31-18-7-8-19-32(31)37-34-20-9-10-21-36(34)40-39(38(33)37)26-12-3-1-4-13-26/h1-25H. The van der Waals surface area contributed by atoms with Crippen molar-refractivity contribution >= 4 is 53.1 Å². The SMILES string of the molecule is O=S(=O)(c1ccccc1)c1cccc(-c2ccc3c(c2)c2ccccc2c2c4ccccc4nc(-c4ccccc4)c32)c1. The van der Waals surface area contributed by atoms with Crippen LogP contribution in [0.3, 0.4) is 0 Å². The molecule has 1 aromatic heterocycles. The van der Waals surface area contributed by atoms with Crippen molar-refractivity contribution in [2.75, 3.05) is 0 Å². The zero-order valence-corrected chi connectivity index (χ0v) is 23.9. The molecule has 8 aromatic rings. The summed E-state index contributed by atoms with van der Waals surface area (Å²) >= 11 is 0. The molecule has 0 aliphatic carbocycles. The Balaban J connectivity index is 1.43. The van der Waals surface area contributed by atoms with Gasteiger partial charge >= 0.3 is 0 Å². The van der Waals surface area contributed by atoms with Crippen LogP contribution in [0.1, 0.15) is 0 Å². The van der Waals surface area contributed by atoms with E-state index >= 15 is 0 Å². The maximum atomic E-state index is 13.4. The molecule has 0 spiro atoms. The van der Waals surface area contributed by atoms with Crippen molar-refractivity contribution in [2.45, 2.75) is 9.79 Å². The van der Waals surface area contributed by atoms with Crippen LogP contribution in [-0.4, -0.2) is 13.4 Å². The monoisotopic (exact) mass is 571 g/mol. The molecule has 3 nitrogen and oxygen atoms in total. The van der Waals surface area contributed by atoms with E-state index in [9.17, 15) is 8.42 Å². The summed E-state index contributed by atoms with van der Waals surface area (Å²) in [6.07, 6.45) is 0. The highest BCUT2D eigenvalue weighted by molar-refractivity contribution is 7.91. The highest BCUT2D eigenvalue weighted by atomic mass is 32.2. The lowest BCUT2D eigenvalue weighted by atomic mass is 9.88. The highest BCUT2D eigenvalue weighted by Gasteiger charge is 2.20. The van der Waals surface area contributed by atoms with E-state index in [4.69, 9.17) is 4.98 Å². The minimum atomic E-state index is -3.64. The molecule has 0 saturated carbocycles. The molecule has 4 heteroatoms. The van der Waals surface area contributed by atoms with E-state index in [2.05, 4.69) is 84.9 Å². The lowest BCUT2D eigenvalue weighted by Crippen LogP contribution is -2.01. The van der Waals surface area contributed by atoms with E-state index in [-0.39, 0.29) is 9.79 Å². The van der Waals surface area contributed by atoms with E-state index in [1.54, 1.807) is 36.4 Å². The minimum Gasteiger partial charge on any atom is -0.247 e. The summed E-state index contributed by atoms with van der Waals surface area (Å²) in [4.78, 5) is 5.78. The molecule has 8 rings (SSSR count). The molecule has 0 amide bonds. The number of fused-ring (bicyclic) bond motifs is 8. The van der Waals surface area contributed by atoms with E-state index in [0.717, 1.165) is 54.8 Å². The fourth-order valence-corrected chi connectivity index (χ4v) is 7.57. The number of sulfone groups is 1. The van der Waals surface area contributed by atoms with Crippen LogP contribution in [0, 0.1) is 0 Å². The largest absolute Gasteiger partial charge is 0.247 e. The molecule has 0 bridgehead atoms. The molecule has 0 atom stereocenters. The first-order chi connectivity index (χ1) is 21.1. The molecular formula is C39H25NO2S. The van der Waals surface area contributed by atoms with E-state index in [0.29, 0.717) is 0 Å². The van der Waals surface area contributed by atoms with Gasteiger partial charge in [0.2, 0.25) is 9.84 Å². The van der Waals surface area contributed by atoms with Gasteiger partial charge in [0.25, 0.3) is 0 Å². The molecule has 0 N–H and O–H groups in total. The van der Waals surface area contributed by atoms with Gasteiger partial charge in [0.05, 0.1) is 21.0 Å². The first-order valence-corrected chi connectivity index (χ1v) is 15.7. The van der Waals surface area contributed by atoms with Crippen LogP contribution in [0.4, 0.5) is 0 Å². The zero-order valence-electron chi connectivity index (χ0n) is 23.1. The molecule has 0 unspecified atom stereocenters. The number of hydrogen-bond acceptors (Lipinski definition) is 3. The van der Waals surface area contributed by atoms with Gasteiger partial charge in [-0.2, -0.15) is 0 Å². The fourth-order valence-electron chi connectivity index (χ4n) is 6.24. The molecular weight excluding hydrogens is 547 g/mol. The van der Waals surface area contributed by atoms with E-state index < -0.39 is 9.84 Å². The van der Waals surface area contributed by atoms with Gasteiger partial charge in [0.1, 0.15) is 0 Å². The molecule has 0 saturated heterocycles. The number of para-hydroxylation sites is 1. The summed E-state index contributed by atoms with van der Waals surface area (Å²) in [5, 5.41) is 7.96. The molecule has 204 valence electrons. The quantitative estimate of drug-likeness (QED) is 0.198. The molecule has 7 aromatic carbocycles. The molecule has 0 fully saturated rings. The predicted octanol–water partition coefficient (Wildman–Crippen LogP) is 9.86. The van der Waals surface area contributed by atoms with Crippen molar-refractivity contribution in [3.63, 3.8) is 0 Å². The van der Waals surface area contributed by atoms with E-state index in [1.165, 1.54) is 10.8 Å². The number of benzene rings is 7. The third kappa shape index (κ3) is 4.10. The first kappa shape index (κ1) is 25.4. The lowest BCUT2D eigenvalue weighted by Gasteiger charge is -2.17. The Labute approximate surface area is 249 Å². The second-order valence-electron chi connectivity index (χ2n) is 10.7. The van der Waals surface area contributed by atoms with Gasteiger partial charge in [0, 0.05) is 21.7 Å². The van der Waals surface area contributed by atoms with Crippen molar-refractivity contribution in [3.8, 4) is 22.4 Å². The Morgan fingerprint density at radius 2 is 0.977 bits per heavy atom. The van der Waals surface area contributed by atoms with Crippen molar-refractivity contribution < 1.29 is 8.42 Å². The van der Waals surface area contributed by atoms with Gasteiger partial charge < -0.3 is 0 Å². The van der Waals surface area contributed by atoms with Crippen LogP contribution in [-0.2, 0) is 9.84 Å². The molecule has 43 heavy (non-hydrogen) atoms. The summed E-state index contributed by atoms with van der Waals surface area (Å²) in [6.45, 7) is 0. The summed E-state index contributed by atoms with van der Waals surface area (Å²) in [7, 11) is -3.64. The maximum Gasteiger partial charge on any atom is 0.206 e. The van der Waals surface area contributed by atoms with Crippen LogP contribution in [0.5, 0.6) is 0 Å². The smallest absolute Gasteiger partial charge is 0.206 e. The number of aromatic nitrogens is 1. The molecule has 0 radical (unpaired) electrons. The predicted molar refractivity (Wildman–Crippen MR) is 177 cm³/mol. The third-order valence-corrected chi connectivity index (χ3v) is 10.0. The summed E-state index contributed by atoms with van der Waals surface area (Å²) in [5.41, 5.74) is 4.79. The Kier molecular flexibility index (Phi) is 5.85. The third-order valence-electron chi connectivity index (χ3n) is 8.25. The van der Waals surface area contributed by atoms with E-state index in [1.807, 2.05) is 30.3 Å². The Morgan fingerprint density at radius 3 is 1.77 bits per heavy atom. The van der Waals surface area contributed by atoms with Crippen LogP contribution < -0.4 is 0 Å². The van der Waals surface area contributed by atoms with Crippen LogP contribution in [0.2, 0.25) is 0 Å². The maximum absolute atomic E-state index is 13.4. The Bertz CT molecular complexity index is 2450. The van der Waals surface area contributed by atoms with Gasteiger partial charge in [-0.05, 0) is 69.1 Å². The van der Waals surface area contributed by atoms with Crippen molar-refractivity contribution in [1.82, 2.24) is 4.98 Å². The van der Waals surface area contributed by atoms with Crippen LogP contribution in [0.15, 0.2) is 161 Å². The first-order valence-electron chi connectivity index (χ1n) is 14.2. The van der Waals surface area contributed by atoms with Crippen molar-refractivity contribution in [1.29, 1.82) is 0 Å². The van der Waals surface area contributed by atoms with Gasteiger partial charge in [0.15, 0.2) is 0 Å². The second-order valence-corrected chi connectivity index (χ2v) is 12.7. The van der Waals surface area contributed by atoms with Crippen LogP contribution >= 0.6 is 0 Å². The van der Waals surface area contributed by atoms with Crippen molar-refractivity contribution in [2.24, 2.45) is 0 Å². The van der Waals surface area contributed by atoms with Gasteiger partial charge in [-0.3, -0.25) is 0 Å². The average Bonchev–Trinajstić information content (AvgIpc) is 3.08. The topological polar surface area (TPSA) is 47.0 Å². The Morgan fingerprint density at radius 1 is 0.395 bits per heavy atom. The van der Waals surface area contributed by atoms with Crippen molar-refractivity contribution in [3.05, 3.63) is 152 Å². The molecule has 0 aliphatic heterocycles. The summed E-state index contributed by atoms with van der Waals surface area (Å²) in [5.74, 6) is 0. The molecule has 1 heterocycles. The zero-order chi connectivity index (χ0) is 29.0. The van der Waals surface area contributed by atoms with Gasteiger partial charge in [-0.25, -0.2) is 13.4 Å². The minimum absolute atomic E-state index is 0.279. The lowest BCUT2D eigenvalue weighted by molar-refractivity contribution is 0.596. The normalized spacial score (nSPS) is 11.9. The highest BCUT2D eigenvalue weighted by Crippen LogP contribution is 2.43. The Hall–Kier alpha value is -5.32. The summed E-state index contributed by atoms with van der Waals surface area (Å²) in [6, 6.07) is 49.5. The van der Waals surface area contributed by atoms with Gasteiger partial charge in [-0.15, -0.1) is 0 Å². The average molecular weight is 572 g/mol. The van der Waals surface area contributed by atoms with Crippen LogP contribution in [0.25, 0.3) is 65.6 Å².